The van der Waals surface area contributed by atoms with Crippen molar-refractivity contribution >= 4 is 0 Å². The number of likely N-dealkylation sites (N-methyl/N-ethyl adjacent to an activating group) is 2. The Kier molecular flexibility index (Phi) is 4.77. The van der Waals surface area contributed by atoms with Gasteiger partial charge in [0.1, 0.15) is 5.54 Å². The van der Waals surface area contributed by atoms with Crippen molar-refractivity contribution in [2.24, 2.45) is 0 Å². The molecule has 1 heterocycles. The van der Waals surface area contributed by atoms with Crippen molar-refractivity contribution in [2.45, 2.75) is 18.5 Å². The van der Waals surface area contributed by atoms with E-state index < -0.39 is 5.54 Å². The molecule has 0 aliphatic carbocycles. The minimum Gasteiger partial charge on any atom is -0.301 e. The molecule has 20 heavy (non-hydrogen) atoms. The zero-order valence-corrected chi connectivity index (χ0v) is 12.6. The second kappa shape index (κ2) is 6.36. The molecule has 0 saturated carbocycles. The van der Waals surface area contributed by atoms with E-state index in [2.05, 4.69) is 35.2 Å². The van der Waals surface area contributed by atoms with Crippen LogP contribution in [0, 0.1) is 11.3 Å². The lowest BCUT2D eigenvalue weighted by Gasteiger charge is -2.41. The van der Waals surface area contributed by atoms with E-state index in [1.807, 2.05) is 37.4 Å². The van der Waals surface area contributed by atoms with Crippen LogP contribution in [-0.2, 0) is 5.54 Å². The van der Waals surface area contributed by atoms with Crippen molar-refractivity contribution in [3.63, 3.8) is 0 Å². The van der Waals surface area contributed by atoms with Gasteiger partial charge in [0.05, 0.1) is 6.07 Å². The first-order chi connectivity index (χ1) is 9.61. The summed E-state index contributed by atoms with van der Waals surface area (Å²) >= 11 is 0. The van der Waals surface area contributed by atoms with Gasteiger partial charge in [0.15, 0.2) is 0 Å². The van der Waals surface area contributed by atoms with Crippen LogP contribution in [0.2, 0.25) is 0 Å². The fraction of sp³-hybridized carbons (Fsp3) is 0.562. The summed E-state index contributed by atoms with van der Waals surface area (Å²) in [5.41, 5.74) is 0.410. The molecular weight excluding hydrogens is 248 g/mol. The van der Waals surface area contributed by atoms with Crippen LogP contribution in [0.25, 0.3) is 0 Å². The lowest BCUT2D eigenvalue weighted by molar-refractivity contribution is 0.0888. The van der Waals surface area contributed by atoms with E-state index in [1.165, 1.54) is 0 Å². The van der Waals surface area contributed by atoms with Crippen LogP contribution in [0.4, 0.5) is 0 Å². The maximum atomic E-state index is 9.73. The molecule has 1 aromatic rings. The first-order valence-electron chi connectivity index (χ1n) is 7.19. The number of hydrogen-bond donors (Lipinski definition) is 1. The molecule has 1 N–H and O–H groups in total. The molecule has 1 saturated heterocycles. The van der Waals surface area contributed by atoms with Crippen LogP contribution < -0.4 is 5.32 Å². The predicted molar refractivity (Wildman–Crippen MR) is 81.3 cm³/mol. The van der Waals surface area contributed by atoms with E-state index in [0.717, 1.165) is 31.7 Å². The minimum atomic E-state index is -0.628. The number of nitrogens with zero attached hydrogens (tertiary/aromatic N) is 3. The first-order valence-corrected chi connectivity index (χ1v) is 7.19. The van der Waals surface area contributed by atoms with Crippen LogP contribution in [-0.4, -0.2) is 56.1 Å². The summed E-state index contributed by atoms with van der Waals surface area (Å²) in [5.74, 6) is 0. The minimum absolute atomic E-state index is 0.535. The normalized spacial score (nSPS) is 24.0. The van der Waals surface area contributed by atoms with Crippen molar-refractivity contribution < 1.29 is 0 Å². The second-order valence-electron chi connectivity index (χ2n) is 5.70. The molecule has 1 aliphatic heterocycles. The third-order valence-electron chi connectivity index (χ3n) is 4.39. The zero-order chi connectivity index (χ0) is 14.6. The highest BCUT2D eigenvalue weighted by atomic mass is 15.3. The van der Waals surface area contributed by atoms with Gasteiger partial charge in [-0.15, -0.1) is 0 Å². The average molecular weight is 272 g/mol. The Balaban J connectivity index is 2.17. The topological polar surface area (TPSA) is 42.3 Å². The fourth-order valence-electron chi connectivity index (χ4n) is 2.80. The van der Waals surface area contributed by atoms with Gasteiger partial charge < -0.3 is 4.90 Å². The van der Waals surface area contributed by atoms with E-state index in [-0.39, 0.29) is 0 Å². The third-order valence-corrected chi connectivity index (χ3v) is 4.39. The monoisotopic (exact) mass is 272 g/mol. The van der Waals surface area contributed by atoms with Crippen molar-refractivity contribution in [1.82, 2.24) is 15.1 Å². The van der Waals surface area contributed by atoms with Crippen LogP contribution in [0.15, 0.2) is 30.3 Å². The molecule has 0 spiro atoms. The Hall–Kier alpha value is -1.41. The molecular formula is C16H24N4. The third kappa shape index (κ3) is 3.01. The molecule has 2 atom stereocenters. The van der Waals surface area contributed by atoms with Gasteiger partial charge in [-0.2, -0.15) is 5.26 Å². The van der Waals surface area contributed by atoms with Crippen LogP contribution in [0.5, 0.6) is 0 Å². The maximum Gasteiger partial charge on any atom is 0.144 e. The molecule has 4 nitrogen and oxygen atoms in total. The molecule has 2 unspecified atom stereocenters. The SMILES string of the molecule is CNC(C#N)(CN1CCN(C)C(C)C1)c1ccccc1. The number of hydrogen-bond acceptors (Lipinski definition) is 4. The summed E-state index contributed by atoms with van der Waals surface area (Å²) in [6, 6.07) is 13.0. The lowest BCUT2D eigenvalue weighted by Crippen LogP contribution is -2.56. The number of nitrogens with one attached hydrogen (secondary N) is 1. The summed E-state index contributed by atoms with van der Waals surface area (Å²) in [7, 11) is 4.03. The van der Waals surface area contributed by atoms with Gasteiger partial charge in [0.25, 0.3) is 0 Å². The van der Waals surface area contributed by atoms with E-state index in [4.69, 9.17) is 0 Å². The second-order valence-corrected chi connectivity index (χ2v) is 5.70. The van der Waals surface area contributed by atoms with Gasteiger partial charge in [0.2, 0.25) is 0 Å². The molecule has 1 aliphatic rings. The van der Waals surface area contributed by atoms with Crippen molar-refractivity contribution in [3.8, 4) is 6.07 Å². The van der Waals surface area contributed by atoms with Crippen LogP contribution >= 0.6 is 0 Å². The average Bonchev–Trinajstić information content (AvgIpc) is 2.49. The standard InChI is InChI=1S/C16H24N4/c1-14-11-20(10-9-19(14)3)13-16(12-17,18-2)15-7-5-4-6-8-15/h4-8,14,18H,9-11,13H2,1-3H3. The van der Waals surface area contributed by atoms with E-state index in [1.54, 1.807) is 0 Å². The molecule has 4 heteroatoms. The number of piperazine rings is 1. The van der Waals surface area contributed by atoms with Gasteiger partial charge in [-0.05, 0) is 26.6 Å². The van der Waals surface area contributed by atoms with Crippen molar-refractivity contribution in [3.05, 3.63) is 35.9 Å². The lowest BCUT2D eigenvalue weighted by atomic mass is 9.90. The van der Waals surface area contributed by atoms with Gasteiger partial charge >= 0.3 is 0 Å². The maximum absolute atomic E-state index is 9.73. The Morgan fingerprint density at radius 1 is 1.35 bits per heavy atom. The molecule has 108 valence electrons. The smallest absolute Gasteiger partial charge is 0.144 e. The molecule has 0 bridgehead atoms. The Morgan fingerprint density at radius 3 is 2.60 bits per heavy atom. The quantitative estimate of drug-likeness (QED) is 0.896. The first kappa shape index (κ1) is 15.0. The molecule has 0 radical (unpaired) electrons. The highest BCUT2D eigenvalue weighted by Crippen LogP contribution is 2.22. The zero-order valence-electron chi connectivity index (χ0n) is 12.6. The van der Waals surface area contributed by atoms with Gasteiger partial charge in [-0.25, -0.2) is 0 Å². The molecule has 2 rings (SSSR count). The highest BCUT2D eigenvalue weighted by Gasteiger charge is 2.34. The summed E-state index contributed by atoms with van der Waals surface area (Å²) < 4.78 is 0. The summed E-state index contributed by atoms with van der Waals surface area (Å²) in [4.78, 5) is 4.75. The number of rotatable bonds is 4. The van der Waals surface area contributed by atoms with Gasteiger partial charge in [-0.3, -0.25) is 10.2 Å². The van der Waals surface area contributed by atoms with Crippen molar-refractivity contribution in [2.75, 3.05) is 40.3 Å². The number of nitriles is 1. The summed E-state index contributed by atoms with van der Waals surface area (Å²) in [5, 5.41) is 13.0. The van der Waals surface area contributed by atoms with Gasteiger partial charge in [0, 0.05) is 32.2 Å². The molecule has 1 fully saturated rings. The van der Waals surface area contributed by atoms with E-state index >= 15 is 0 Å². The van der Waals surface area contributed by atoms with Crippen molar-refractivity contribution in [1.29, 1.82) is 5.26 Å². The largest absolute Gasteiger partial charge is 0.301 e. The van der Waals surface area contributed by atoms with Crippen LogP contribution in [0.1, 0.15) is 12.5 Å². The van der Waals surface area contributed by atoms with Gasteiger partial charge in [-0.1, -0.05) is 30.3 Å². The Bertz CT molecular complexity index is 467. The fourth-order valence-corrected chi connectivity index (χ4v) is 2.80. The predicted octanol–water partition coefficient (Wildman–Crippen LogP) is 1.26. The Labute approximate surface area is 122 Å². The Morgan fingerprint density at radius 2 is 2.05 bits per heavy atom. The summed E-state index contributed by atoms with van der Waals surface area (Å²) in [6.45, 7) is 6.04. The molecule has 0 amide bonds. The summed E-state index contributed by atoms with van der Waals surface area (Å²) in [6.07, 6.45) is 0. The molecule has 0 aromatic heterocycles. The highest BCUT2D eigenvalue weighted by molar-refractivity contribution is 5.32. The van der Waals surface area contributed by atoms with E-state index in [0.29, 0.717) is 6.04 Å². The number of benzene rings is 1. The van der Waals surface area contributed by atoms with E-state index in [9.17, 15) is 5.26 Å². The van der Waals surface area contributed by atoms with Crippen LogP contribution in [0.3, 0.4) is 0 Å². The molecule has 1 aromatic carbocycles.